The van der Waals surface area contributed by atoms with Crippen LogP contribution in [-0.2, 0) is 14.3 Å². The summed E-state index contributed by atoms with van der Waals surface area (Å²) in [5.41, 5.74) is 1.86. The van der Waals surface area contributed by atoms with Crippen LogP contribution in [0.2, 0.25) is 0 Å². The first-order chi connectivity index (χ1) is 13.5. The first kappa shape index (κ1) is 20.8. The Hall–Kier alpha value is -3.53. The molecular formula is C21H23N3O4. The SMILES string of the molecule is C[C@H](OC(=O)COc1ccc(Nc2ccccc2)cc1)C(=O)N(C)CCC#N. The Morgan fingerprint density at radius 1 is 1.11 bits per heavy atom. The van der Waals surface area contributed by atoms with E-state index in [9.17, 15) is 9.59 Å². The summed E-state index contributed by atoms with van der Waals surface area (Å²) in [5.74, 6) is -0.485. The molecule has 0 aliphatic rings. The highest BCUT2D eigenvalue weighted by atomic mass is 16.6. The number of ether oxygens (including phenoxy) is 2. The van der Waals surface area contributed by atoms with Crippen LogP contribution in [-0.4, -0.2) is 43.1 Å². The van der Waals surface area contributed by atoms with E-state index < -0.39 is 12.1 Å². The third-order valence-corrected chi connectivity index (χ3v) is 3.86. The Bertz CT molecular complexity index is 816. The zero-order chi connectivity index (χ0) is 20.4. The number of carbonyl (C=O) groups is 2. The van der Waals surface area contributed by atoms with Gasteiger partial charge in [-0.25, -0.2) is 4.79 Å². The van der Waals surface area contributed by atoms with E-state index in [-0.39, 0.29) is 25.5 Å². The predicted molar refractivity (Wildman–Crippen MR) is 105 cm³/mol. The second-order valence-corrected chi connectivity index (χ2v) is 6.10. The van der Waals surface area contributed by atoms with Gasteiger partial charge < -0.3 is 19.7 Å². The molecular weight excluding hydrogens is 358 g/mol. The van der Waals surface area contributed by atoms with Crippen LogP contribution in [0, 0.1) is 11.3 Å². The standard InChI is InChI=1S/C21H23N3O4/c1-16(21(26)24(2)14-6-13-22)28-20(25)15-27-19-11-9-18(10-12-19)23-17-7-4-3-5-8-17/h3-5,7-12,16,23H,6,14-15H2,1-2H3/t16-/m0/s1. The van der Waals surface area contributed by atoms with Crippen molar-refractivity contribution in [3.8, 4) is 11.8 Å². The van der Waals surface area contributed by atoms with E-state index in [0.717, 1.165) is 11.4 Å². The largest absolute Gasteiger partial charge is 0.482 e. The molecule has 0 heterocycles. The Balaban J connectivity index is 1.77. The van der Waals surface area contributed by atoms with Gasteiger partial charge in [0.1, 0.15) is 5.75 Å². The highest BCUT2D eigenvalue weighted by Crippen LogP contribution is 2.19. The highest BCUT2D eigenvalue weighted by Gasteiger charge is 2.21. The number of amides is 1. The van der Waals surface area contributed by atoms with Gasteiger partial charge in [0.25, 0.3) is 5.91 Å². The molecule has 2 rings (SSSR count). The van der Waals surface area contributed by atoms with Gasteiger partial charge in [0.15, 0.2) is 12.7 Å². The van der Waals surface area contributed by atoms with E-state index >= 15 is 0 Å². The zero-order valence-electron chi connectivity index (χ0n) is 15.9. The summed E-state index contributed by atoms with van der Waals surface area (Å²) in [6, 6.07) is 18.9. The van der Waals surface area contributed by atoms with Crippen LogP contribution in [0.5, 0.6) is 5.75 Å². The van der Waals surface area contributed by atoms with Crippen molar-refractivity contribution in [3.63, 3.8) is 0 Å². The first-order valence-electron chi connectivity index (χ1n) is 8.86. The van der Waals surface area contributed by atoms with Crippen molar-refractivity contribution in [3.05, 3.63) is 54.6 Å². The number of nitrogens with one attached hydrogen (secondary N) is 1. The van der Waals surface area contributed by atoms with Gasteiger partial charge >= 0.3 is 5.97 Å². The minimum Gasteiger partial charge on any atom is -0.482 e. The van der Waals surface area contributed by atoms with Gasteiger partial charge in [0.05, 0.1) is 12.5 Å². The second-order valence-electron chi connectivity index (χ2n) is 6.10. The van der Waals surface area contributed by atoms with Crippen molar-refractivity contribution in [1.29, 1.82) is 5.26 Å². The monoisotopic (exact) mass is 381 g/mol. The fraction of sp³-hybridized carbons (Fsp3) is 0.286. The third kappa shape index (κ3) is 6.65. The molecule has 1 N–H and O–H groups in total. The maximum absolute atomic E-state index is 12.0. The fourth-order valence-electron chi connectivity index (χ4n) is 2.38. The molecule has 146 valence electrons. The smallest absolute Gasteiger partial charge is 0.344 e. The maximum Gasteiger partial charge on any atom is 0.344 e. The third-order valence-electron chi connectivity index (χ3n) is 3.86. The number of benzene rings is 2. The fourth-order valence-corrected chi connectivity index (χ4v) is 2.38. The number of nitriles is 1. The van der Waals surface area contributed by atoms with Crippen LogP contribution >= 0.6 is 0 Å². The van der Waals surface area contributed by atoms with Crippen LogP contribution in [0.25, 0.3) is 0 Å². The summed E-state index contributed by atoms with van der Waals surface area (Å²) >= 11 is 0. The topological polar surface area (TPSA) is 91.7 Å². The lowest BCUT2D eigenvalue weighted by Gasteiger charge is -2.20. The van der Waals surface area contributed by atoms with Crippen molar-refractivity contribution in [2.24, 2.45) is 0 Å². The average molecular weight is 381 g/mol. The molecule has 0 aliphatic carbocycles. The number of nitrogens with zero attached hydrogens (tertiary/aromatic N) is 2. The van der Waals surface area contributed by atoms with E-state index in [1.165, 1.54) is 11.8 Å². The lowest BCUT2D eigenvalue weighted by atomic mass is 10.2. The molecule has 1 amide bonds. The normalized spacial score (nSPS) is 11.0. The Morgan fingerprint density at radius 3 is 2.39 bits per heavy atom. The lowest BCUT2D eigenvalue weighted by Crippen LogP contribution is -2.38. The number of hydrogen-bond donors (Lipinski definition) is 1. The number of para-hydroxylation sites is 1. The number of anilines is 2. The van der Waals surface area contributed by atoms with Crippen LogP contribution in [0.3, 0.4) is 0 Å². The van der Waals surface area contributed by atoms with Gasteiger partial charge in [0.2, 0.25) is 0 Å². The predicted octanol–water partition coefficient (Wildman–Crippen LogP) is 3.11. The molecule has 0 unspecified atom stereocenters. The van der Waals surface area contributed by atoms with Crippen molar-refractivity contribution >= 4 is 23.3 Å². The molecule has 0 saturated heterocycles. The van der Waals surface area contributed by atoms with Gasteiger partial charge in [0, 0.05) is 25.0 Å². The number of hydrogen-bond acceptors (Lipinski definition) is 6. The van der Waals surface area contributed by atoms with E-state index in [4.69, 9.17) is 14.7 Å². The van der Waals surface area contributed by atoms with E-state index in [1.807, 2.05) is 48.5 Å². The summed E-state index contributed by atoms with van der Waals surface area (Å²) < 4.78 is 10.5. The summed E-state index contributed by atoms with van der Waals surface area (Å²) in [6.07, 6.45) is -0.710. The van der Waals surface area contributed by atoms with Crippen molar-refractivity contribution in [2.45, 2.75) is 19.4 Å². The Labute approximate surface area is 164 Å². The number of likely N-dealkylation sites (N-methyl/N-ethyl adjacent to an activating group) is 1. The second kappa shape index (κ2) is 10.6. The van der Waals surface area contributed by atoms with Crippen molar-refractivity contribution in [1.82, 2.24) is 4.90 Å². The van der Waals surface area contributed by atoms with Gasteiger partial charge in [-0.3, -0.25) is 4.79 Å². The molecule has 0 radical (unpaired) electrons. The van der Waals surface area contributed by atoms with Gasteiger partial charge in [-0.1, -0.05) is 18.2 Å². The molecule has 0 spiro atoms. The van der Waals surface area contributed by atoms with Gasteiger partial charge in [-0.2, -0.15) is 5.26 Å². The molecule has 0 aromatic heterocycles. The summed E-state index contributed by atoms with van der Waals surface area (Å²) in [5, 5.41) is 11.8. The molecule has 0 bridgehead atoms. The first-order valence-corrected chi connectivity index (χ1v) is 8.86. The molecule has 0 aliphatic heterocycles. The molecule has 28 heavy (non-hydrogen) atoms. The minimum absolute atomic E-state index is 0.223. The number of esters is 1. The summed E-state index contributed by atoms with van der Waals surface area (Å²) in [4.78, 5) is 25.3. The van der Waals surface area contributed by atoms with Gasteiger partial charge in [-0.05, 0) is 43.3 Å². The van der Waals surface area contributed by atoms with E-state index in [2.05, 4.69) is 5.32 Å². The van der Waals surface area contributed by atoms with E-state index in [0.29, 0.717) is 5.75 Å². The quantitative estimate of drug-likeness (QED) is 0.671. The molecule has 0 saturated carbocycles. The number of carbonyl (C=O) groups excluding carboxylic acids is 2. The van der Waals surface area contributed by atoms with Crippen LogP contribution in [0.1, 0.15) is 13.3 Å². The Morgan fingerprint density at radius 2 is 1.75 bits per heavy atom. The van der Waals surface area contributed by atoms with Crippen LogP contribution < -0.4 is 10.1 Å². The van der Waals surface area contributed by atoms with Crippen molar-refractivity contribution in [2.75, 3.05) is 25.5 Å². The molecule has 2 aromatic rings. The maximum atomic E-state index is 12.0. The lowest BCUT2D eigenvalue weighted by molar-refractivity contribution is -0.160. The molecule has 7 heteroatoms. The zero-order valence-corrected chi connectivity index (χ0v) is 15.9. The molecule has 7 nitrogen and oxygen atoms in total. The molecule has 2 aromatic carbocycles. The summed E-state index contributed by atoms with van der Waals surface area (Å²) in [7, 11) is 1.56. The molecule has 0 fully saturated rings. The minimum atomic E-state index is -0.933. The van der Waals surface area contributed by atoms with Crippen LogP contribution in [0.4, 0.5) is 11.4 Å². The number of rotatable bonds is 9. The highest BCUT2D eigenvalue weighted by molar-refractivity contribution is 5.83. The average Bonchev–Trinajstić information content (AvgIpc) is 2.71. The Kier molecular flexibility index (Phi) is 7.85. The molecule has 1 atom stereocenters. The van der Waals surface area contributed by atoms with Crippen molar-refractivity contribution < 1.29 is 19.1 Å². The van der Waals surface area contributed by atoms with Crippen LogP contribution in [0.15, 0.2) is 54.6 Å². The summed E-state index contributed by atoms with van der Waals surface area (Å²) in [6.45, 7) is 1.48. The van der Waals surface area contributed by atoms with Gasteiger partial charge in [-0.15, -0.1) is 0 Å². The van der Waals surface area contributed by atoms with E-state index in [1.54, 1.807) is 19.2 Å².